The maximum absolute atomic E-state index is 5.86. The minimum absolute atomic E-state index is 0.773. The molecular formula is C9H13Cl. The van der Waals surface area contributed by atoms with E-state index in [2.05, 4.69) is 6.58 Å². The van der Waals surface area contributed by atoms with Gasteiger partial charge in [0, 0.05) is 5.03 Å². The van der Waals surface area contributed by atoms with Crippen molar-refractivity contribution >= 4 is 11.6 Å². The Labute approximate surface area is 67.9 Å². The van der Waals surface area contributed by atoms with Crippen molar-refractivity contribution in [1.82, 2.24) is 0 Å². The van der Waals surface area contributed by atoms with Crippen LogP contribution in [0.5, 0.6) is 0 Å². The van der Waals surface area contributed by atoms with Crippen LogP contribution in [0.4, 0.5) is 0 Å². The summed E-state index contributed by atoms with van der Waals surface area (Å²) in [6.07, 6.45) is 3.48. The van der Waals surface area contributed by atoms with E-state index in [1.54, 1.807) is 12.2 Å². The molecule has 0 atom stereocenters. The molecule has 0 aromatic carbocycles. The SMILES string of the molecule is C=C/C=C(/Cl)C(C)=C(C)C. The van der Waals surface area contributed by atoms with Crippen molar-refractivity contribution in [3.8, 4) is 0 Å². The predicted molar refractivity (Wildman–Crippen MR) is 48.2 cm³/mol. The summed E-state index contributed by atoms with van der Waals surface area (Å²) in [5.74, 6) is 0. The third-order valence-electron chi connectivity index (χ3n) is 1.37. The van der Waals surface area contributed by atoms with Crippen molar-refractivity contribution in [3.63, 3.8) is 0 Å². The van der Waals surface area contributed by atoms with Gasteiger partial charge in [0.05, 0.1) is 0 Å². The van der Waals surface area contributed by atoms with Crippen molar-refractivity contribution in [2.45, 2.75) is 20.8 Å². The molecule has 0 saturated carbocycles. The van der Waals surface area contributed by atoms with Crippen LogP contribution in [-0.4, -0.2) is 0 Å². The van der Waals surface area contributed by atoms with Crippen LogP contribution in [0.25, 0.3) is 0 Å². The number of allylic oxidation sites excluding steroid dienone is 5. The van der Waals surface area contributed by atoms with Crippen LogP contribution in [0.2, 0.25) is 0 Å². The quantitative estimate of drug-likeness (QED) is 0.536. The summed E-state index contributed by atoms with van der Waals surface area (Å²) in [6.45, 7) is 9.63. The molecule has 0 saturated heterocycles. The minimum Gasteiger partial charge on any atom is -0.0990 e. The highest BCUT2D eigenvalue weighted by Crippen LogP contribution is 2.17. The average molecular weight is 157 g/mol. The first-order valence-electron chi connectivity index (χ1n) is 3.22. The minimum atomic E-state index is 0.773. The first kappa shape index (κ1) is 9.51. The molecule has 0 radical (unpaired) electrons. The van der Waals surface area contributed by atoms with E-state index >= 15 is 0 Å². The Bertz CT molecular complexity index is 181. The van der Waals surface area contributed by atoms with Crippen LogP contribution >= 0.6 is 11.6 Å². The van der Waals surface area contributed by atoms with Gasteiger partial charge in [-0.1, -0.05) is 29.8 Å². The van der Waals surface area contributed by atoms with Gasteiger partial charge in [-0.3, -0.25) is 0 Å². The van der Waals surface area contributed by atoms with E-state index in [1.165, 1.54) is 5.57 Å². The number of halogens is 1. The molecule has 0 aliphatic carbocycles. The standard InChI is InChI=1S/C9H13Cl/c1-5-6-9(10)8(4)7(2)3/h5-6H,1H2,2-4H3/b9-6+. The highest BCUT2D eigenvalue weighted by Gasteiger charge is 1.94. The number of rotatable bonds is 2. The van der Waals surface area contributed by atoms with Crippen molar-refractivity contribution in [2.24, 2.45) is 0 Å². The van der Waals surface area contributed by atoms with Crippen molar-refractivity contribution < 1.29 is 0 Å². The lowest BCUT2D eigenvalue weighted by Gasteiger charge is -1.99. The Morgan fingerprint density at radius 2 is 1.80 bits per heavy atom. The molecule has 0 aliphatic heterocycles. The lowest BCUT2D eigenvalue weighted by Crippen LogP contribution is -1.78. The summed E-state index contributed by atoms with van der Waals surface area (Å²) >= 11 is 5.86. The fourth-order valence-corrected chi connectivity index (χ4v) is 0.745. The van der Waals surface area contributed by atoms with Gasteiger partial charge in [0.25, 0.3) is 0 Å². The van der Waals surface area contributed by atoms with E-state index in [4.69, 9.17) is 11.6 Å². The maximum atomic E-state index is 5.86. The summed E-state index contributed by atoms with van der Waals surface area (Å²) in [4.78, 5) is 0. The van der Waals surface area contributed by atoms with Crippen LogP contribution in [0, 0.1) is 0 Å². The Hall–Kier alpha value is -0.490. The third-order valence-corrected chi connectivity index (χ3v) is 1.78. The average Bonchev–Trinajstić information content (AvgIpc) is 1.87. The van der Waals surface area contributed by atoms with Gasteiger partial charge in [0.1, 0.15) is 0 Å². The van der Waals surface area contributed by atoms with Gasteiger partial charge in [0.2, 0.25) is 0 Å². The van der Waals surface area contributed by atoms with Gasteiger partial charge >= 0.3 is 0 Å². The van der Waals surface area contributed by atoms with Crippen molar-refractivity contribution in [1.29, 1.82) is 0 Å². The number of hydrogen-bond acceptors (Lipinski definition) is 0. The van der Waals surface area contributed by atoms with Crippen LogP contribution in [0.1, 0.15) is 20.8 Å². The summed E-state index contributed by atoms with van der Waals surface area (Å²) in [7, 11) is 0. The van der Waals surface area contributed by atoms with Gasteiger partial charge < -0.3 is 0 Å². The molecule has 0 bridgehead atoms. The third kappa shape index (κ3) is 2.88. The van der Waals surface area contributed by atoms with Crippen LogP contribution in [-0.2, 0) is 0 Å². The van der Waals surface area contributed by atoms with E-state index in [0.29, 0.717) is 0 Å². The molecule has 0 unspecified atom stereocenters. The summed E-state index contributed by atoms with van der Waals surface area (Å²) < 4.78 is 0. The Balaban J connectivity index is 4.51. The van der Waals surface area contributed by atoms with Crippen LogP contribution in [0.15, 0.2) is 34.9 Å². The Kier molecular flexibility index (Phi) is 4.13. The lowest BCUT2D eigenvalue weighted by molar-refractivity contribution is 1.28. The van der Waals surface area contributed by atoms with Gasteiger partial charge in [-0.15, -0.1) is 0 Å². The second kappa shape index (κ2) is 4.35. The van der Waals surface area contributed by atoms with Gasteiger partial charge in [-0.25, -0.2) is 0 Å². The molecule has 0 fully saturated rings. The first-order chi connectivity index (χ1) is 4.59. The van der Waals surface area contributed by atoms with Gasteiger partial charge in [-0.2, -0.15) is 0 Å². The number of hydrogen-bond donors (Lipinski definition) is 0. The molecule has 0 nitrogen and oxygen atoms in total. The molecule has 0 amide bonds. The van der Waals surface area contributed by atoms with E-state index in [9.17, 15) is 0 Å². The molecule has 0 aromatic heterocycles. The summed E-state index contributed by atoms with van der Waals surface area (Å²) in [6, 6.07) is 0. The van der Waals surface area contributed by atoms with Crippen LogP contribution < -0.4 is 0 Å². The molecule has 1 heteroatoms. The fourth-order valence-electron chi connectivity index (χ4n) is 0.467. The molecule has 0 N–H and O–H groups in total. The molecule has 0 spiro atoms. The maximum Gasteiger partial charge on any atom is 0.0434 e. The van der Waals surface area contributed by atoms with Gasteiger partial charge in [0.15, 0.2) is 0 Å². The topological polar surface area (TPSA) is 0 Å². The van der Waals surface area contributed by atoms with E-state index in [0.717, 1.165) is 10.6 Å². The summed E-state index contributed by atoms with van der Waals surface area (Å²) in [5.41, 5.74) is 2.37. The Morgan fingerprint density at radius 3 is 2.10 bits per heavy atom. The van der Waals surface area contributed by atoms with Gasteiger partial charge in [-0.05, 0) is 32.4 Å². The monoisotopic (exact) mass is 156 g/mol. The smallest absolute Gasteiger partial charge is 0.0434 e. The molecule has 56 valence electrons. The molecule has 0 aromatic rings. The lowest BCUT2D eigenvalue weighted by atomic mass is 10.1. The zero-order valence-corrected chi connectivity index (χ0v) is 7.50. The Morgan fingerprint density at radius 1 is 1.30 bits per heavy atom. The second-order valence-corrected chi connectivity index (χ2v) is 2.78. The normalized spacial score (nSPS) is 11.0. The van der Waals surface area contributed by atoms with Crippen molar-refractivity contribution in [3.05, 3.63) is 34.9 Å². The summed E-state index contributed by atoms with van der Waals surface area (Å²) in [5, 5.41) is 0.773. The second-order valence-electron chi connectivity index (χ2n) is 2.38. The zero-order valence-electron chi connectivity index (χ0n) is 6.74. The molecule has 0 heterocycles. The van der Waals surface area contributed by atoms with E-state index in [1.807, 2.05) is 20.8 Å². The molecule has 10 heavy (non-hydrogen) atoms. The van der Waals surface area contributed by atoms with Crippen LogP contribution in [0.3, 0.4) is 0 Å². The predicted octanol–water partition coefficient (Wildman–Crippen LogP) is 3.65. The van der Waals surface area contributed by atoms with E-state index in [-0.39, 0.29) is 0 Å². The first-order valence-corrected chi connectivity index (χ1v) is 3.60. The molecule has 0 rings (SSSR count). The zero-order chi connectivity index (χ0) is 8.15. The van der Waals surface area contributed by atoms with E-state index < -0.39 is 0 Å². The largest absolute Gasteiger partial charge is 0.0990 e. The fraction of sp³-hybridized carbons (Fsp3) is 0.333. The van der Waals surface area contributed by atoms with Crippen molar-refractivity contribution in [2.75, 3.05) is 0 Å². The highest BCUT2D eigenvalue weighted by molar-refractivity contribution is 6.32. The molecular weight excluding hydrogens is 144 g/mol. The molecule has 0 aliphatic rings. The highest BCUT2D eigenvalue weighted by atomic mass is 35.5.